The molecular weight excluding hydrogens is 382 g/mol. The van der Waals surface area contributed by atoms with Crippen molar-refractivity contribution >= 4 is 11.8 Å². The SMILES string of the molecule is CCNC(=O)c1cn(CCc2ccccc2)cc(C(=O)NCc2ccc(C)o2)c1=O. The van der Waals surface area contributed by atoms with E-state index in [0.29, 0.717) is 25.3 Å². The molecule has 0 aliphatic rings. The van der Waals surface area contributed by atoms with E-state index in [0.717, 1.165) is 11.3 Å². The average molecular weight is 407 g/mol. The average Bonchev–Trinajstić information content (AvgIpc) is 3.17. The minimum absolute atomic E-state index is 0.0496. The Bertz CT molecular complexity index is 1080. The Labute approximate surface area is 174 Å². The van der Waals surface area contributed by atoms with Crippen LogP contribution in [0.25, 0.3) is 0 Å². The zero-order chi connectivity index (χ0) is 21.5. The van der Waals surface area contributed by atoms with Gasteiger partial charge in [-0.15, -0.1) is 0 Å². The number of rotatable bonds is 8. The van der Waals surface area contributed by atoms with Gasteiger partial charge in [-0.25, -0.2) is 0 Å². The maximum atomic E-state index is 12.8. The van der Waals surface area contributed by atoms with Gasteiger partial charge in [0, 0.05) is 25.5 Å². The number of aromatic nitrogens is 1. The summed E-state index contributed by atoms with van der Waals surface area (Å²) in [4.78, 5) is 37.9. The van der Waals surface area contributed by atoms with E-state index >= 15 is 0 Å². The predicted molar refractivity (Wildman–Crippen MR) is 113 cm³/mol. The number of nitrogens with zero attached hydrogens (tertiary/aromatic N) is 1. The monoisotopic (exact) mass is 407 g/mol. The lowest BCUT2D eigenvalue weighted by Gasteiger charge is -2.12. The first-order valence-electron chi connectivity index (χ1n) is 9.87. The van der Waals surface area contributed by atoms with Gasteiger partial charge in [0.15, 0.2) is 0 Å². The van der Waals surface area contributed by atoms with E-state index in [9.17, 15) is 14.4 Å². The quantitative estimate of drug-likeness (QED) is 0.600. The molecule has 0 saturated carbocycles. The molecule has 30 heavy (non-hydrogen) atoms. The summed E-state index contributed by atoms with van der Waals surface area (Å²) in [5.41, 5.74) is 0.404. The van der Waals surface area contributed by atoms with Gasteiger partial charge < -0.3 is 19.6 Å². The molecule has 3 aromatic rings. The van der Waals surface area contributed by atoms with Crippen molar-refractivity contribution in [1.29, 1.82) is 0 Å². The maximum absolute atomic E-state index is 12.8. The molecule has 1 aromatic carbocycles. The highest BCUT2D eigenvalue weighted by molar-refractivity contribution is 5.99. The van der Waals surface area contributed by atoms with E-state index in [2.05, 4.69) is 10.6 Å². The number of hydrogen-bond donors (Lipinski definition) is 2. The highest BCUT2D eigenvalue weighted by Crippen LogP contribution is 2.07. The van der Waals surface area contributed by atoms with Crippen molar-refractivity contribution in [1.82, 2.24) is 15.2 Å². The zero-order valence-corrected chi connectivity index (χ0v) is 17.1. The maximum Gasteiger partial charge on any atom is 0.257 e. The van der Waals surface area contributed by atoms with Gasteiger partial charge in [-0.2, -0.15) is 0 Å². The van der Waals surface area contributed by atoms with Gasteiger partial charge in [0.2, 0.25) is 5.43 Å². The summed E-state index contributed by atoms with van der Waals surface area (Å²) in [5.74, 6) is 0.284. The number of pyridine rings is 1. The van der Waals surface area contributed by atoms with Crippen LogP contribution in [0.3, 0.4) is 0 Å². The van der Waals surface area contributed by atoms with Crippen molar-refractivity contribution in [2.75, 3.05) is 6.54 Å². The molecule has 0 saturated heterocycles. The fourth-order valence-electron chi connectivity index (χ4n) is 3.09. The van der Waals surface area contributed by atoms with Crippen molar-refractivity contribution in [2.24, 2.45) is 0 Å². The smallest absolute Gasteiger partial charge is 0.257 e. The van der Waals surface area contributed by atoms with Crippen molar-refractivity contribution < 1.29 is 14.0 Å². The molecule has 0 bridgehead atoms. The Balaban J connectivity index is 1.85. The first-order valence-corrected chi connectivity index (χ1v) is 9.87. The number of carbonyl (C=O) groups excluding carboxylic acids is 2. The summed E-state index contributed by atoms with van der Waals surface area (Å²) in [5, 5.41) is 5.32. The molecule has 2 aromatic heterocycles. The van der Waals surface area contributed by atoms with E-state index in [-0.39, 0.29) is 17.7 Å². The number of amides is 2. The third kappa shape index (κ3) is 5.26. The molecule has 0 aliphatic carbocycles. The minimum atomic E-state index is -0.593. The van der Waals surface area contributed by atoms with Crippen molar-refractivity contribution in [3.63, 3.8) is 0 Å². The Morgan fingerprint density at radius 1 is 0.967 bits per heavy atom. The van der Waals surface area contributed by atoms with Crippen LogP contribution < -0.4 is 16.1 Å². The Morgan fingerprint density at radius 2 is 1.63 bits per heavy atom. The molecule has 0 atom stereocenters. The van der Waals surface area contributed by atoms with E-state index in [4.69, 9.17) is 4.42 Å². The van der Waals surface area contributed by atoms with Crippen LogP contribution in [0.2, 0.25) is 0 Å². The van der Waals surface area contributed by atoms with Crippen molar-refractivity contribution in [3.8, 4) is 0 Å². The van der Waals surface area contributed by atoms with Gasteiger partial charge in [0.25, 0.3) is 11.8 Å². The van der Waals surface area contributed by atoms with E-state index < -0.39 is 17.2 Å². The summed E-state index contributed by atoms with van der Waals surface area (Å²) >= 11 is 0. The molecule has 2 N–H and O–H groups in total. The molecule has 0 spiro atoms. The molecule has 7 nitrogen and oxygen atoms in total. The molecule has 2 heterocycles. The number of nitrogens with one attached hydrogen (secondary N) is 2. The third-order valence-corrected chi connectivity index (χ3v) is 4.63. The van der Waals surface area contributed by atoms with Crippen LogP contribution in [-0.4, -0.2) is 22.9 Å². The summed E-state index contributed by atoms with van der Waals surface area (Å²) < 4.78 is 7.16. The lowest BCUT2D eigenvalue weighted by molar-refractivity contribution is 0.0945. The number of carbonyl (C=O) groups is 2. The van der Waals surface area contributed by atoms with Crippen LogP contribution in [0.1, 0.15) is 44.7 Å². The normalized spacial score (nSPS) is 10.6. The summed E-state index contributed by atoms with van der Waals surface area (Å²) in [6.45, 7) is 4.65. The zero-order valence-electron chi connectivity index (χ0n) is 17.1. The minimum Gasteiger partial charge on any atom is -0.465 e. The number of furan rings is 1. The molecular formula is C23H25N3O4. The Kier molecular flexibility index (Phi) is 6.85. The first-order chi connectivity index (χ1) is 14.5. The molecule has 7 heteroatoms. The highest BCUT2D eigenvalue weighted by atomic mass is 16.3. The largest absolute Gasteiger partial charge is 0.465 e. The Hall–Kier alpha value is -3.61. The number of benzene rings is 1. The molecule has 0 radical (unpaired) electrons. The highest BCUT2D eigenvalue weighted by Gasteiger charge is 2.19. The van der Waals surface area contributed by atoms with Gasteiger partial charge in [0.05, 0.1) is 6.54 Å². The van der Waals surface area contributed by atoms with Crippen LogP contribution in [0.15, 0.2) is 64.1 Å². The van der Waals surface area contributed by atoms with Crippen LogP contribution in [0.5, 0.6) is 0 Å². The van der Waals surface area contributed by atoms with Gasteiger partial charge in [-0.3, -0.25) is 14.4 Å². The van der Waals surface area contributed by atoms with Crippen molar-refractivity contribution in [2.45, 2.75) is 33.4 Å². The molecule has 3 rings (SSSR count). The summed E-state index contributed by atoms with van der Waals surface area (Å²) in [7, 11) is 0. The fourth-order valence-corrected chi connectivity index (χ4v) is 3.09. The van der Waals surface area contributed by atoms with Crippen LogP contribution in [-0.2, 0) is 19.5 Å². The second kappa shape index (κ2) is 9.73. The molecule has 0 fully saturated rings. The summed E-state index contributed by atoms with van der Waals surface area (Å²) in [6, 6.07) is 13.4. The lowest BCUT2D eigenvalue weighted by atomic mass is 10.1. The predicted octanol–water partition coefficient (Wildman–Crippen LogP) is 2.67. The van der Waals surface area contributed by atoms with Crippen LogP contribution in [0, 0.1) is 6.92 Å². The van der Waals surface area contributed by atoms with Crippen molar-refractivity contribution in [3.05, 3.63) is 93.3 Å². The molecule has 0 aliphatic heterocycles. The van der Waals surface area contributed by atoms with Gasteiger partial charge in [0.1, 0.15) is 22.6 Å². The van der Waals surface area contributed by atoms with Crippen LogP contribution in [0.4, 0.5) is 0 Å². The molecule has 156 valence electrons. The number of hydrogen-bond acceptors (Lipinski definition) is 4. The van der Waals surface area contributed by atoms with Crippen LogP contribution >= 0.6 is 0 Å². The van der Waals surface area contributed by atoms with Gasteiger partial charge in [-0.1, -0.05) is 30.3 Å². The standard InChI is InChI=1S/C23H25N3O4/c1-3-24-22(28)19-14-26(12-11-17-7-5-4-6-8-17)15-20(21(19)27)23(29)25-13-18-10-9-16(2)30-18/h4-10,14-15H,3,11-13H2,1-2H3,(H,24,28)(H,25,29). The Morgan fingerprint density at radius 3 is 2.23 bits per heavy atom. The fraction of sp³-hybridized carbons (Fsp3) is 0.261. The lowest BCUT2D eigenvalue weighted by Crippen LogP contribution is -2.35. The topological polar surface area (TPSA) is 93.3 Å². The van der Waals surface area contributed by atoms with E-state index in [1.54, 1.807) is 23.6 Å². The van der Waals surface area contributed by atoms with Gasteiger partial charge >= 0.3 is 0 Å². The molecule has 0 unspecified atom stereocenters. The molecule has 2 amide bonds. The van der Waals surface area contributed by atoms with E-state index in [1.807, 2.05) is 37.3 Å². The second-order valence-corrected chi connectivity index (χ2v) is 6.94. The first kappa shape index (κ1) is 21.1. The summed E-state index contributed by atoms with van der Waals surface area (Å²) in [6.07, 6.45) is 3.70. The van der Waals surface area contributed by atoms with Gasteiger partial charge in [-0.05, 0) is 38.0 Å². The number of aryl methyl sites for hydroxylation is 3. The second-order valence-electron chi connectivity index (χ2n) is 6.94. The third-order valence-electron chi connectivity index (χ3n) is 4.63. The van der Waals surface area contributed by atoms with E-state index in [1.165, 1.54) is 12.4 Å².